The lowest BCUT2D eigenvalue weighted by Crippen LogP contribution is -2.42. The van der Waals surface area contributed by atoms with E-state index in [1.165, 1.54) is 9.87 Å². The van der Waals surface area contributed by atoms with Crippen molar-refractivity contribution in [3.63, 3.8) is 0 Å². The number of morpholine rings is 1. The average Bonchev–Trinajstić information content (AvgIpc) is 2.56. The molecule has 22 heavy (non-hydrogen) atoms. The highest BCUT2D eigenvalue weighted by molar-refractivity contribution is 7.89. The maximum absolute atomic E-state index is 12.7. The Hall–Kier alpha value is -1.69. The summed E-state index contributed by atoms with van der Waals surface area (Å²) < 4.78 is 32.6. The molecular weight excluding hydrogens is 298 g/mol. The summed E-state index contributed by atoms with van der Waals surface area (Å²) in [6.45, 7) is 3.17. The Morgan fingerprint density at radius 2 is 1.73 bits per heavy atom. The standard InChI is InChI=1S/C17H19NO3S/c1-14-7-9-15(10-8-14)17-13-18(11-12-21-17)22(19,20)16-5-3-2-4-6-16/h2-10,17H,11-13H2,1H3. The van der Waals surface area contributed by atoms with Gasteiger partial charge in [0.2, 0.25) is 10.0 Å². The van der Waals surface area contributed by atoms with E-state index in [0.717, 1.165) is 5.56 Å². The van der Waals surface area contributed by atoms with Crippen LogP contribution in [0, 0.1) is 6.92 Å². The molecule has 0 aliphatic carbocycles. The lowest BCUT2D eigenvalue weighted by atomic mass is 10.1. The van der Waals surface area contributed by atoms with E-state index in [1.807, 2.05) is 37.3 Å². The Labute approximate surface area is 131 Å². The van der Waals surface area contributed by atoms with Gasteiger partial charge in [-0.2, -0.15) is 4.31 Å². The molecule has 0 aromatic heterocycles. The maximum Gasteiger partial charge on any atom is 0.243 e. The van der Waals surface area contributed by atoms with Gasteiger partial charge in [-0.25, -0.2) is 8.42 Å². The SMILES string of the molecule is Cc1ccc(C2CN(S(=O)(=O)c3ccccc3)CCO2)cc1. The highest BCUT2D eigenvalue weighted by Crippen LogP contribution is 2.26. The molecule has 0 radical (unpaired) electrons. The number of benzene rings is 2. The molecule has 1 aliphatic rings. The minimum atomic E-state index is -3.46. The van der Waals surface area contributed by atoms with E-state index in [4.69, 9.17) is 4.74 Å². The van der Waals surface area contributed by atoms with Crippen LogP contribution in [0.5, 0.6) is 0 Å². The molecule has 1 aliphatic heterocycles. The molecule has 0 bridgehead atoms. The maximum atomic E-state index is 12.7. The zero-order chi connectivity index (χ0) is 15.6. The van der Waals surface area contributed by atoms with Crippen LogP contribution in [-0.2, 0) is 14.8 Å². The molecule has 1 unspecified atom stereocenters. The Morgan fingerprint density at radius 3 is 2.41 bits per heavy atom. The van der Waals surface area contributed by atoms with Gasteiger partial charge in [-0.3, -0.25) is 0 Å². The molecule has 5 heteroatoms. The number of sulfonamides is 1. The molecule has 3 rings (SSSR count). The molecule has 1 saturated heterocycles. The molecule has 0 amide bonds. The monoisotopic (exact) mass is 317 g/mol. The van der Waals surface area contributed by atoms with Crippen LogP contribution in [0.1, 0.15) is 17.2 Å². The van der Waals surface area contributed by atoms with Crippen LogP contribution < -0.4 is 0 Å². The fourth-order valence-electron chi connectivity index (χ4n) is 2.57. The number of rotatable bonds is 3. The Balaban J connectivity index is 1.82. The molecule has 1 fully saturated rings. The van der Waals surface area contributed by atoms with E-state index in [-0.39, 0.29) is 6.10 Å². The summed E-state index contributed by atoms with van der Waals surface area (Å²) in [6, 6.07) is 16.6. The van der Waals surface area contributed by atoms with Crippen LogP contribution in [0.3, 0.4) is 0 Å². The van der Waals surface area contributed by atoms with Crippen LogP contribution in [-0.4, -0.2) is 32.4 Å². The van der Waals surface area contributed by atoms with Gasteiger partial charge in [-0.1, -0.05) is 48.0 Å². The Kier molecular flexibility index (Phi) is 4.29. The molecule has 0 N–H and O–H groups in total. The van der Waals surface area contributed by atoms with Crippen LogP contribution in [0.2, 0.25) is 0 Å². The first-order valence-corrected chi connectivity index (χ1v) is 8.75. The lowest BCUT2D eigenvalue weighted by molar-refractivity contribution is -0.00256. The van der Waals surface area contributed by atoms with E-state index in [1.54, 1.807) is 24.3 Å². The minimum Gasteiger partial charge on any atom is -0.371 e. The number of aryl methyl sites for hydroxylation is 1. The van der Waals surface area contributed by atoms with E-state index in [9.17, 15) is 8.42 Å². The van der Waals surface area contributed by atoms with Gasteiger partial charge >= 0.3 is 0 Å². The zero-order valence-electron chi connectivity index (χ0n) is 12.5. The third-order valence-electron chi connectivity index (χ3n) is 3.86. The molecule has 2 aromatic rings. The summed E-state index contributed by atoms with van der Waals surface area (Å²) in [6.07, 6.45) is -0.215. The summed E-state index contributed by atoms with van der Waals surface area (Å²) in [5.41, 5.74) is 2.19. The van der Waals surface area contributed by atoms with Gasteiger partial charge in [0.15, 0.2) is 0 Å². The summed E-state index contributed by atoms with van der Waals surface area (Å²) in [4.78, 5) is 0.333. The van der Waals surface area contributed by atoms with Crippen molar-refractivity contribution in [1.29, 1.82) is 0 Å². The van der Waals surface area contributed by atoms with Gasteiger partial charge in [0.25, 0.3) is 0 Å². The van der Waals surface area contributed by atoms with Gasteiger partial charge < -0.3 is 4.74 Å². The summed E-state index contributed by atoms with van der Waals surface area (Å²) in [7, 11) is -3.46. The molecule has 0 saturated carbocycles. The number of hydrogen-bond donors (Lipinski definition) is 0. The first-order valence-electron chi connectivity index (χ1n) is 7.31. The highest BCUT2D eigenvalue weighted by Gasteiger charge is 2.31. The largest absolute Gasteiger partial charge is 0.371 e. The average molecular weight is 317 g/mol. The van der Waals surface area contributed by atoms with Crippen molar-refractivity contribution in [3.8, 4) is 0 Å². The molecule has 1 heterocycles. The van der Waals surface area contributed by atoms with Crippen molar-refractivity contribution in [2.75, 3.05) is 19.7 Å². The van der Waals surface area contributed by atoms with Crippen molar-refractivity contribution in [1.82, 2.24) is 4.31 Å². The van der Waals surface area contributed by atoms with E-state index in [2.05, 4.69) is 0 Å². The van der Waals surface area contributed by atoms with Crippen LogP contribution in [0.4, 0.5) is 0 Å². The zero-order valence-corrected chi connectivity index (χ0v) is 13.3. The first kappa shape index (κ1) is 15.2. The third-order valence-corrected chi connectivity index (χ3v) is 5.74. The van der Waals surface area contributed by atoms with Crippen LogP contribution in [0.15, 0.2) is 59.5 Å². The second-order valence-corrected chi connectivity index (χ2v) is 7.38. The number of hydrogen-bond acceptors (Lipinski definition) is 3. The van der Waals surface area contributed by atoms with Crippen molar-refractivity contribution < 1.29 is 13.2 Å². The summed E-state index contributed by atoms with van der Waals surface area (Å²) in [5, 5.41) is 0. The van der Waals surface area contributed by atoms with Gasteiger partial charge in [0.1, 0.15) is 0 Å². The molecule has 2 aromatic carbocycles. The van der Waals surface area contributed by atoms with Crippen molar-refractivity contribution in [2.45, 2.75) is 17.9 Å². The lowest BCUT2D eigenvalue weighted by Gasteiger charge is -2.32. The van der Waals surface area contributed by atoms with Crippen LogP contribution >= 0.6 is 0 Å². The predicted octanol–water partition coefficient (Wildman–Crippen LogP) is 2.76. The van der Waals surface area contributed by atoms with E-state index >= 15 is 0 Å². The predicted molar refractivity (Wildman–Crippen MR) is 85.1 cm³/mol. The fraction of sp³-hybridized carbons (Fsp3) is 0.294. The van der Waals surface area contributed by atoms with Gasteiger partial charge in [-0.15, -0.1) is 0 Å². The second-order valence-electron chi connectivity index (χ2n) is 5.45. The molecule has 116 valence electrons. The molecular formula is C17H19NO3S. The quantitative estimate of drug-likeness (QED) is 0.874. The first-order chi connectivity index (χ1) is 10.6. The number of nitrogens with zero attached hydrogens (tertiary/aromatic N) is 1. The smallest absolute Gasteiger partial charge is 0.243 e. The minimum absolute atomic E-state index is 0.215. The summed E-state index contributed by atoms with van der Waals surface area (Å²) in [5.74, 6) is 0. The molecule has 1 atom stereocenters. The molecule has 4 nitrogen and oxygen atoms in total. The molecule has 0 spiro atoms. The van der Waals surface area contributed by atoms with Crippen molar-refractivity contribution >= 4 is 10.0 Å². The van der Waals surface area contributed by atoms with Crippen molar-refractivity contribution in [2.24, 2.45) is 0 Å². The topological polar surface area (TPSA) is 46.6 Å². The van der Waals surface area contributed by atoms with Gasteiger partial charge in [0.05, 0.1) is 17.6 Å². The Bertz CT molecular complexity index is 726. The summed E-state index contributed by atoms with van der Waals surface area (Å²) >= 11 is 0. The normalized spacial score (nSPS) is 20.0. The number of ether oxygens (including phenoxy) is 1. The fourth-order valence-corrected chi connectivity index (χ4v) is 4.01. The van der Waals surface area contributed by atoms with Crippen molar-refractivity contribution in [3.05, 3.63) is 65.7 Å². The Morgan fingerprint density at radius 1 is 1.05 bits per heavy atom. The van der Waals surface area contributed by atoms with Gasteiger partial charge in [0, 0.05) is 13.1 Å². The third kappa shape index (κ3) is 3.06. The van der Waals surface area contributed by atoms with Gasteiger partial charge in [-0.05, 0) is 24.6 Å². The van der Waals surface area contributed by atoms with E-state index < -0.39 is 10.0 Å². The highest BCUT2D eigenvalue weighted by atomic mass is 32.2. The second kappa shape index (κ2) is 6.20. The van der Waals surface area contributed by atoms with Crippen LogP contribution in [0.25, 0.3) is 0 Å². The van der Waals surface area contributed by atoms with E-state index in [0.29, 0.717) is 24.6 Å².